The molecule has 1 aliphatic heterocycles. The van der Waals surface area contributed by atoms with Crippen LogP contribution in [0, 0.1) is 5.92 Å². The van der Waals surface area contributed by atoms with Crippen molar-refractivity contribution in [2.75, 3.05) is 13.2 Å². The number of allylic oxidation sites excluding steroid dienone is 1. The SMILES string of the molecule is CC1=C(C(=O)NC[C@@H]2C[C@@H]2NC(=O)c2cc3ccccn3c2)CCO1. The number of carbonyl (C=O) groups is 2. The molecular formula is C19H21N3O3. The molecule has 6 heteroatoms. The highest BCUT2D eigenvalue weighted by Gasteiger charge is 2.38. The Morgan fingerprint density at radius 3 is 2.96 bits per heavy atom. The Morgan fingerprint density at radius 1 is 1.32 bits per heavy atom. The zero-order valence-corrected chi connectivity index (χ0v) is 14.1. The van der Waals surface area contributed by atoms with E-state index >= 15 is 0 Å². The van der Waals surface area contributed by atoms with Crippen LogP contribution < -0.4 is 10.6 Å². The number of amides is 2. The van der Waals surface area contributed by atoms with Crippen LogP contribution in [-0.4, -0.2) is 35.4 Å². The van der Waals surface area contributed by atoms with Crippen molar-refractivity contribution in [2.24, 2.45) is 5.92 Å². The number of nitrogens with zero attached hydrogens (tertiary/aromatic N) is 1. The second-order valence-corrected chi connectivity index (χ2v) is 6.68. The van der Waals surface area contributed by atoms with Gasteiger partial charge in [-0.1, -0.05) is 6.07 Å². The zero-order chi connectivity index (χ0) is 17.4. The molecule has 2 amide bonds. The number of nitrogens with one attached hydrogen (secondary N) is 2. The summed E-state index contributed by atoms with van der Waals surface area (Å²) in [4.78, 5) is 24.5. The number of carbonyl (C=O) groups excluding carboxylic acids is 2. The van der Waals surface area contributed by atoms with Gasteiger partial charge in [0.15, 0.2) is 0 Å². The van der Waals surface area contributed by atoms with Crippen LogP contribution in [0.2, 0.25) is 0 Å². The average Bonchev–Trinajstić information content (AvgIpc) is 3.00. The lowest BCUT2D eigenvalue weighted by molar-refractivity contribution is -0.117. The molecule has 0 saturated heterocycles. The summed E-state index contributed by atoms with van der Waals surface area (Å²) in [6.45, 7) is 2.99. The minimum atomic E-state index is -0.0646. The molecule has 2 aromatic heterocycles. The highest BCUT2D eigenvalue weighted by atomic mass is 16.5. The molecule has 4 rings (SSSR count). The topological polar surface area (TPSA) is 71.8 Å². The highest BCUT2D eigenvalue weighted by molar-refractivity contribution is 5.96. The van der Waals surface area contributed by atoms with E-state index in [1.165, 1.54) is 0 Å². The second kappa shape index (κ2) is 6.27. The number of hydrogen-bond donors (Lipinski definition) is 2. The van der Waals surface area contributed by atoms with Crippen molar-refractivity contribution >= 4 is 17.3 Å². The van der Waals surface area contributed by atoms with E-state index in [2.05, 4.69) is 10.6 Å². The Hall–Kier alpha value is -2.76. The van der Waals surface area contributed by atoms with Crippen molar-refractivity contribution in [1.82, 2.24) is 15.0 Å². The van der Waals surface area contributed by atoms with Crippen LogP contribution in [0.1, 0.15) is 30.1 Å². The van der Waals surface area contributed by atoms with Crippen LogP contribution >= 0.6 is 0 Å². The van der Waals surface area contributed by atoms with E-state index in [0.29, 0.717) is 31.1 Å². The lowest BCUT2D eigenvalue weighted by Crippen LogP contribution is -2.31. The molecule has 1 fully saturated rings. The van der Waals surface area contributed by atoms with Gasteiger partial charge in [-0.05, 0) is 37.5 Å². The summed E-state index contributed by atoms with van der Waals surface area (Å²) < 4.78 is 7.25. The van der Waals surface area contributed by atoms with Crippen LogP contribution in [0.3, 0.4) is 0 Å². The maximum atomic E-state index is 12.4. The molecule has 1 saturated carbocycles. The van der Waals surface area contributed by atoms with Gasteiger partial charge in [-0.3, -0.25) is 9.59 Å². The van der Waals surface area contributed by atoms with Crippen molar-refractivity contribution in [1.29, 1.82) is 0 Å². The molecule has 3 heterocycles. The van der Waals surface area contributed by atoms with Gasteiger partial charge in [0.25, 0.3) is 11.8 Å². The summed E-state index contributed by atoms with van der Waals surface area (Å²) in [7, 11) is 0. The smallest absolute Gasteiger partial charge is 0.253 e. The quantitative estimate of drug-likeness (QED) is 0.873. The minimum Gasteiger partial charge on any atom is -0.497 e. The fourth-order valence-corrected chi connectivity index (χ4v) is 3.25. The number of hydrogen-bond acceptors (Lipinski definition) is 3. The Labute approximate surface area is 145 Å². The molecule has 2 atom stereocenters. The van der Waals surface area contributed by atoms with E-state index in [-0.39, 0.29) is 17.9 Å². The number of fused-ring (bicyclic) bond motifs is 1. The summed E-state index contributed by atoms with van der Waals surface area (Å²) >= 11 is 0. The average molecular weight is 339 g/mol. The van der Waals surface area contributed by atoms with E-state index in [1.54, 1.807) is 0 Å². The normalized spacial score (nSPS) is 22.0. The van der Waals surface area contributed by atoms with E-state index in [9.17, 15) is 9.59 Å². The van der Waals surface area contributed by atoms with Gasteiger partial charge >= 0.3 is 0 Å². The van der Waals surface area contributed by atoms with Crippen LogP contribution in [0.15, 0.2) is 48.0 Å². The van der Waals surface area contributed by atoms with Crippen LogP contribution in [0.4, 0.5) is 0 Å². The molecule has 130 valence electrons. The third kappa shape index (κ3) is 3.24. The first-order valence-electron chi connectivity index (χ1n) is 8.60. The van der Waals surface area contributed by atoms with Gasteiger partial charge in [0.1, 0.15) is 5.76 Å². The summed E-state index contributed by atoms with van der Waals surface area (Å²) in [5.74, 6) is 0.906. The van der Waals surface area contributed by atoms with Gasteiger partial charge in [0.05, 0.1) is 17.7 Å². The van der Waals surface area contributed by atoms with E-state index < -0.39 is 0 Å². The van der Waals surface area contributed by atoms with Crippen molar-refractivity contribution in [3.63, 3.8) is 0 Å². The Morgan fingerprint density at radius 2 is 2.20 bits per heavy atom. The van der Waals surface area contributed by atoms with Crippen molar-refractivity contribution in [3.05, 3.63) is 53.6 Å². The standard InChI is InChI=1S/C19H21N3O3/c1-12-16(5-7-25-12)19(24)20-10-13-9-17(13)21-18(23)14-8-15-4-2-3-6-22(15)11-14/h2-4,6,8,11,13,17H,5,7,9-10H2,1H3,(H,20,24)(H,21,23)/t13-,17-/m0/s1. The summed E-state index contributed by atoms with van der Waals surface area (Å²) in [6.07, 6.45) is 5.32. The number of rotatable bonds is 5. The second-order valence-electron chi connectivity index (χ2n) is 6.68. The first-order valence-corrected chi connectivity index (χ1v) is 8.60. The van der Waals surface area contributed by atoms with Gasteiger partial charge in [0, 0.05) is 36.9 Å². The minimum absolute atomic E-state index is 0.0503. The third-order valence-electron chi connectivity index (χ3n) is 4.90. The molecule has 6 nitrogen and oxygen atoms in total. The molecule has 0 spiro atoms. The third-order valence-corrected chi connectivity index (χ3v) is 4.90. The van der Waals surface area contributed by atoms with E-state index in [1.807, 2.05) is 48.0 Å². The predicted octanol–water partition coefficient (Wildman–Crippen LogP) is 1.87. The maximum Gasteiger partial charge on any atom is 0.253 e. The number of aromatic nitrogens is 1. The highest BCUT2D eigenvalue weighted by Crippen LogP contribution is 2.30. The summed E-state index contributed by atoms with van der Waals surface area (Å²) in [5, 5.41) is 5.99. The van der Waals surface area contributed by atoms with Crippen LogP contribution in [-0.2, 0) is 9.53 Å². The molecule has 2 N–H and O–H groups in total. The first kappa shape index (κ1) is 15.7. The van der Waals surface area contributed by atoms with Crippen molar-refractivity contribution < 1.29 is 14.3 Å². The fraction of sp³-hybridized carbons (Fsp3) is 0.368. The predicted molar refractivity (Wildman–Crippen MR) is 93.0 cm³/mol. The first-order chi connectivity index (χ1) is 12.1. The summed E-state index contributed by atoms with van der Waals surface area (Å²) in [6, 6.07) is 7.86. The Kier molecular flexibility index (Phi) is 3.95. The number of pyridine rings is 1. The largest absolute Gasteiger partial charge is 0.497 e. The summed E-state index contributed by atoms with van der Waals surface area (Å²) in [5.41, 5.74) is 2.39. The molecule has 0 aromatic carbocycles. The number of ether oxygens (including phenoxy) is 1. The van der Waals surface area contributed by atoms with Crippen molar-refractivity contribution in [2.45, 2.75) is 25.8 Å². The molecular weight excluding hydrogens is 318 g/mol. The van der Waals surface area contributed by atoms with E-state index in [4.69, 9.17) is 4.74 Å². The molecule has 25 heavy (non-hydrogen) atoms. The van der Waals surface area contributed by atoms with Gasteiger partial charge in [-0.15, -0.1) is 0 Å². The van der Waals surface area contributed by atoms with Crippen molar-refractivity contribution in [3.8, 4) is 0 Å². The lowest BCUT2D eigenvalue weighted by Gasteiger charge is -2.06. The molecule has 2 aromatic rings. The van der Waals surface area contributed by atoms with Gasteiger partial charge in [-0.2, -0.15) is 0 Å². The zero-order valence-electron chi connectivity index (χ0n) is 14.1. The Balaban J connectivity index is 1.28. The maximum absolute atomic E-state index is 12.4. The molecule has 1 aliphatic carbocycles. The molecule has 0 radical (unpaired) electrons. The van der Waals surface area contributed by atoms with Gasteiger partial charge in [0.2, 0.25) is 0 Å². The molecule has 0 unspecified atom stereocenters. The lowest BCUT2D eigenvalue weighted by atomic mass is 10.2. The van der Waals surface area contributed by atoms with Crippen LogP contribution in [0.5, 0.6) is 0 Å². The Bertz CT molecular complexity index is 835. The molecule has 2 aliphatic rings. The monoisotopic (exact) mass is 339 g/mol. The van der Waals surface area contributed by atoms with Gasteiger partial charge in [-0.25, -0.2) is 0 Å². The van der Waals surface area contributed by atoms with Gasteiger partial charge < -0.3 is 19.8 Å². The van der Waals surface area contributed by atoms with E-state index in [0.717, 1.165) is 23.3 Å². The molecule has 0 bridgehead atoms. The van der Waals surface area contributed by atoms with Crippen LogP contribution in [0.25, 0.3) is 5.52 Å². The fourth-order valence-electron chi connectivity index (χ4n) is 3.25.